The van der Waals surface area contributed by atoms with Crippen molar-refractivity contribution in [3.8, 4) is 0 Å². The van der Waals surface area contributed by atoms with E-state index in [4.69, 9.17) is 28.4 Å². The number of carbonyl (C=O) groups is 4. The number of allylic oxidation sites excluding steroid dienone is 3. The van der Waals surface area contributed by atoms with Gasteiger partial charge in [0.2, 0.25) is 23.8 Å². The lowest BCUT2D eigenvalue weighted by atomic mass is 9.37. The van der Waals surface area contributed by atoms with Crippen LogP contribution in [0.3, 0.4) is 0 Å². The Hall–Kier alpha value is -2.96. The number of rotatable bonds is 6. The minimum absolute atomic E-state index is 0.0457. The van der Waals surface area contributed by atoms with E-state index in [1.54, 1.807) is 27.7 Å². The van der Waals surface area contributed by atoms with Crippen LogP contribution >= 0.6 is 0 Å². The molecule has 0 amide bonds. The van der Waals surface area contributed by atoms with Crippen molar-refractivity contribution in [2.75, 3.05) is 20.3 Å². The smallest absolute Gasteiger partial charge is 0.348 e. The van der Waals surface area contributed by atoms with Crippen LogP contribution in [0.5, 0.6) is 0 Å². The molecule has 48 heavy (non-hydrogen) atoms. The Balaban J connectivity index is 1.46. The van der Waals surface area contributed by atoms with Gasteiger partial charge >= 0.3 is 17.9 Å². The van der Waals surface area contributed by atoms with E-state index in [2.05, 4.69) is 0 Å². The third-order valence-corrected chi connectivity index (χ3v) is 11.6. The number of fused-ring (bicyclic) bond motifs is 2. The van der Waals surface area contributed by atoms with Crippen LogP contribution < -0.4 is 0 Å². The molecule has 0 aromatic rings. The monoisotopic (exact) mass is 682 g/mol. The number of methoxy groups -OCH3 is 1. The van der Waals surface area contributed by atoms with Crippen molar-refractivity contribution in [1.29, 1.82) is 0 Å². The summed E-state index contributed by atoms with van der Waals surface area (Å²) in [6, 6.07) is 0. The first-order valence-corrected chi connectivity index (χ1v) is 15.9. The molecule has 3 aliphatic heterocycles. The van der Waals surface area contributed by atoms with E-state index in [0.29, 0.717) is 5.57 Å². The maximum Gasteiger partial charge on any atom is 0.348 e. The zero-order valence-electron chi connectivity index (χ0n) is 27.0. The lowest BCUT2D eigenvalue weighted by molar-refractivity contribution is -0.297. The van der Waals surface area contributed by atoms with Crippen molar-refractivity contribution in [3.05, 3.63) is 23.5 Å². The molecule has 2 bridgehead atoms. The maximum atomic E-state index is 14.7. The summed E-state index contributed by atoms with van der Waals surface area (Å²) in [5.74, 6) is -7.95. The van der Waals surface area contributed by atoms with Crippen molar-refractivity contribution in [2.45, 2.75) is 94.8 Å². The molecule has 1 spiro atoms. The van der Waals surface area contributed by atoms with Gasteiger partial charge in [0.05, 0.1) is 32.3 Å². The number of aliphatic hydroxyl groups is 6. The van der Waals surface area contributed by atoms with Crippen LogP contribution in [0.2, 0.25) is 0 Å². The SMILES string of the molecule is COC(=O)[C@@]12OC[C@]34[C@H]([C@@H](O)[C@@H]1O)[C@@]1(C)C(=O)C(O[C@@H]5O[C@H](CO)[C@@H](O)[C@H](O)[C@H]5O)=C[C@@H](C)[C@@H]1C[C@H]3OC(=O)[C@H](OC(=O)C=C(C)C)[C@@H]24. The van der Waals surface area contributed by atoms with Crippen LogP contribution in [-0.4, -0.2) is 135 Å². The summed E-state index contributed by atoms with van der Waals surface area (Å²) in [5.41, 5.74) is -5.02. The topological polar surface area (TPSA) is 245 Å². The van der Waals surface area contributed by atoms with Gasteiger partial charge in [-0.2, -0.15) is 0 Å². The molecule has 3 heterocycles. The van der Waals surface area contributed by atoms with Crippen LogP contribution in [0.1, 0.15) is 34.1 Å². The highest BCUT2D eigenvalue weighted by Crippen LogP contribution is 2.72. The average Bonchev–Trinajstić information content (AvgIpc) is 3.34. The van der Waals surface area contributed by atoms with Crippen molar-refractivity contribution >= 4 is 23.7 Å². The molecule has 0 aromatic carbocycles. The summed E-state index contributed by atoms with van der Waals surface area (Å²) in [5, 5.41) is 64.6. The van der Waals surface area contributed by atoms with E-state index in [1.165, 1.54) is 6.08 Å². The largest absolute Gasteiger partial charge is 0.467 e. The van der Waals surface area contributed by atoms with Crippen molar-refractivity contribution in [1.82, 2.24) is 0 Å². The molecule has 0 unspecified atom stereocenters. The molecule has 16 heteroatoms. The quantitative estimate of drug-likeness (QED) is 0.0974. The fourth-order valence-corrected chi connectivity index (χ4v) is 9.60. The Morgan fingerprint density at radius 1 is 1.04 bits per heavy atom. The Labute approximate surface area is 275 Å². The third-order valence-electron chi connectivity index (χ3n) is 11.6. The second-order valence-corrected chi connectivity index (χ2v) is 14.2. The predicted molar refractivity (Wildman–Crippen MR) is 155 cm³/mol. The fourth-order valence-electron chi connectivity index (χ4n) is 9.60. The molecule has 2 saturated carbocycles. The summed E-state index contributed by atoms with van der Waals surface area (Å²) in [7, 11) is 1.04. The Morgan fingerprint density at radius 3 is 2.35 bits per heavy atom. The van der Waals surface area contributed by atoms with Gasteiger partial charge in [-0.05, 0) is 38.2 Å². The zero-order valence-corrected chi connectivity index (χ0v) is 27.0. The van der Waals surface area contributed by atoms with Gasteiger partial charge in [0.15, 0.2) is 5.76 Å². The molecule has 16 nitrogen and oxygen atoms in total. The lowest BCUT2D eigenvalue weighted by Gasteiger charge is -2.67. The van der Waals surface area contributed by atoms with Crippen molar-refractivity contribution in [3.63, 3.8) is 0 Å². The standard InChI is InChI=1S/C32H42O16/c1-11(2)6-17(34)48-22-24-31-10-44-32(24,29(42)43-5)26(40)21(38)23(31)30(4)13(8-16(31)47-27(22)41)12(3)7-14(25(30)39)45-28-20(37)19(36)18(35)15(9-33)46-28/h6-7,12-13,15-16,18-24,26,28,33,35-38,40H,8-10H2,1-5H3/t12-,13+,15-,16-,18-,19+,20-,21-,22-,23-,24-,26+,28-,30+,31-,32+/m1/s1. The molecule has 3 saturated heterocycles. The number of carbonyl (C=O) groups excluding carboxylic acids is 4. The molecule has 16 atom stereocenters. The van der Waals surface area contributed by atoms with E-state index in [9.17, 15) is 49.8 Å². The second kappa shape index (κ2) is 11.8. The molecule has 5 fully saturated rings. The van der Waals surface area contributed by atoms with E-state index in [1.807, 2.05) is 0 Å². The van der Waals surface area contributed by atoms with Crippen molar-refractivity contribution < 1.29 is 78.2 Å². The first-order chi connectivity index (χ1) is 22.5. The first-order valence-electron chi connectivity index (χ1n) is 15.9. The first kappa shape index (κ1) is 34.9. The second-order valence-electron chi connectivity index (χ2n) is 14.2. The summed E-state index contributed by atoms with van der Waals surface area (Å²) in [6.45, 7) is 5.45. The van der Waals surface area contributed by atoms with Crippen LogP contribution in [0.15, 0.2) is 23.5 Å². The fraction of sp³-hybridized carbons (Fsp3) is 0.750. The zero-order chi connectivity index (χ0) is 35.2. The molecular formula is C32H42O16. The Bertz CT molecular complexity index is 1440. The van der Waals surface area contributed by atoms with Gasteiger partial charge < -0.3 is 59.1 Å². The number of aliphatic hydroxyl groups excluding tert-OH is 6. The van der Waals surface area contributed by atoms with Crippen LogP contribution in [0.4, 0.5) is 0 Å². The normalized spacial score (nSPS) is 49.1. The highest BCUT2D eigenvalue weighted by molar-refractivity contribution is 6.00. The number of ketones is 1. The summed E-state index contributed by atoms with van der Waals surface area (Å²) in [6.07, 6.45) is -12.4. The number of ether oxygens (including phenoxy) is 6. The molecule has 6 aliphatic rings. The summed E-state index contributed by atoms with van der Waals surface area (Å²) >= 11 is 0. The maximum absolute atomic E-state index is 14.7. The van der Waals surface area contributed by atoms with Gasteiger partial charge in [-0.3, -0.25) is 4.79 Å². The predicted octanol–water partition coefficient (Wildman–Crippen LogP) is -2.37. The molecule has 6 rings (SSSR count). The minimum Gasteiger partial charge on any atom is -0.467 e. The van der Waals surface area contributed by atoms with Gasteiger partial charge in [-0.15, -0.1) is 0 Å². The van der Waals surface area contributed by atoms with E-state index in [0.717, 1.165) is 13.2 Å². The average molecular weight is 683 g/mol. The minimum atomic E-state index is -2.38. The molecule has 6 N–H and O–H groups in total. The Kier molecular flexibility index (Phi) is 8.60. The van der Waals surface area contributed by atoms with Gasteiger partial charge in [-0.25, -0.2) is 14.4 Å². The number of hydrogen-bond acceptors (Lipinski definition) is 16. The van der Waals surface area contributed by atoms with Crippen LogP contribution in [0, 0.1) is 34.5 Å². The number of Topliss-reactive ketones (excluding diaryl/α,β-unsaturated/α-hetero) is 1. The summed E-state index contributed by atoms with van der Waals surface area (Å²) < 4.78 is 34.0. The highest BCUT2D eigenvalue weighted by atomic mass is 16.7. The molecule has 266 valence electrons. The van der Waals surface area contributed by atoms with Gasteiger partial charge in [0, 0.05) is 22.8 Å². The van der Waals surface area contributed by atoms with Gasteiger partial charge in [-0.1, -0.05) is 19.4 Å². The number of esters is 3. The molecule has 0 aromatic heterocycles. The number of hydrogen-bond donors (Lipinski definition) is 6. The van der Waals surface area contributed by atoms with Crippen LogP contribution in [0.25, 0.3) is 0 Å². The van der Waals surface area contributed by atoms with Crippen LogP contribution in [-0.2, 0) is 47.6 Å². The van der Waals surface area contributed by atoms with Gasteiger partial charge in [0.25, 0.3) is 0 Å². The molecule has 3 aliphatic carbocycles. The van der Waals surface area contributed by atoms with Crippen molar-refractivity contribution in [2.24, 2.45) is 34.5 Å². The summed E-state index contributed by atoms with van der Waals surface area (Å²) in [4.78, 5) is 54.8. The van der Waals surface area contributed by atoms with E-state index >= 15 is 0 Å². The lowest BCUT2D eigenvalue weighted by Crippen LogP contribution is -2.80. The molecular weight excluding hydrogens is 640 g/mol. The van der Waals surface area contributed by atoms with Gasteiger partial charge in [0.1, 0.15) is 36.6 Å². The van der Waals surface area contributed by atoms with E-state index < -0.39 is 132 Å². The van der Waals surface area contributed by atoms with E-state index in [-0.39, 0.29) is 12.2 Å². The third kappa shape index (κ3) is 4.50. The Morgan fingerprint density at radius 2 is 1.73 bits per heavy atom. The highest BCUT2D eigenvalue weighted by Gasteiger charge is 2.86. The molecule has 0 radical (unpaired) electrons.